The van der Waals surface area contributed by atoms with Crippen LogP contribution in [0.2, 0.25) is 5.02 Å². The normalized spacial score (nSPS) is 15.1. The van der Waals surface area contributed by atoms with Crippen molar-refractivity contribution in [3.63, 3.8) is 0 Å². The molecule has 3 heterocycles. The molecule has 5 rings (SSSR count). The second-order valence-corrected chi connectivity index (χ2v) is 9.09. The van der Waals surface area contributed by atoms with Crippen LogP contribution in [-0.4, -0.2) is 48.7 Å². The molecule has 0 saturated carbocycles. The van der Waals surface area contributed by atoms with Crippen molar-refractivity contribution < 1.29 is 18.1 Å². The van der Waals surface area contributed by atoms with Gasteiger partial charge in [0, 0.05) is 44.0 Å². The lowest BCUT2D eigenvalue weighted by Crippen LogP contribution is -2.49. The molecule has 1 unspecified atom stereocenters. The van der Waals surface area contributed by atoms with Crippen LogP contribution in [-0.2, 0) is 0 Å². The second-order valence-electron chi connectivity index (χ2n) is 8.68. The number of benzene rings is 2. The average Bonchev–Trinajstić information content (AvgIpc) is 3.55. The molecule has 7 nitrogen and oxygen atoms in total. The quantitative estimate of drug-likeness (QED) is 0.364. The number of rotatable bonds is 7. The number of anilines is 1. The van der Waals surface area contributed by atoms with Crippen molar-refractivity contribution in [2.24, 2.45) is 0 Å². The van der Waals surface area contributed by atoms with E-state index in [0.29, 0.717) is 34.1 Å². The van der Waals surface area contributed by atoms with Crippen molar-refractivity contribution in [2.75, 3.05) is 37.6 Å². The van der Waals surface area contributed by atoms with Gasteiger partial charge in [0.05, 0.1) is 17.3 Å². The Morgan fingerprint density at radius 1 is 1.08 bits per heavy atom. The van der Waals surface area contributed by atoms with Gasteiger partial charge in [-0.1, -0.05) is 35.0 Å². The Bertz CT molecular complexity index is 1320. The first-order chi connectivity index (χ1) is 17.5. The van der Waals surface area contributed by atoms with E-state index >= 15 is 0 Å². The minimum Gasteiger partial charge on any atom is -0.468 e. The number of piperazine rings is 1. The van der Waals surface area contributed by atoms with Crippen LogP contribution in [0.4, 0.5) is 10.1 Å². The monoisotopic (exact) mass is 508 g/mol. The number of nitrogens with one attached hydrogen (secondary N) is 1. The first kappa shape index (κ1) is 24.1. The van der Waals surface area contributed by atoms with Gasteiger partial charge in [0.2, 0.25) is 0 Å². The van der Waals surface area contributed by atoms with E-state index in [9.17, 15) is 9.18 Å². The third kappa shape index (κ3) is 5.01. The van der Waals surface area contributed by atoms with Crippen LogP contribution in [0.15, 0.2) is 75.9 Å². The van der Waals surface area contributed by atoms with Crippen molar-refractivity contribution in [3.05, 3.63) is 94.9 Å². The summed E-state index contributed by atoms with van der Waals surface area (Å²) >= 11 is 6.35. The summed E-state index contributed by atoms with van der Waals surface area (Å²) in [6.07, 6.45) is 1.64. The lowest BCUT2D eigenvalue weighted by Gasteiger charge is -2.39. The molecular formula is C27H26ClFN4O3. The minimum atomic E-state index is -0.287. The van der Waals surface area contributed by atoms with Gasteiger partial charge in [0.25, 0.3) is 5.91 Å². The van der Waals surface area contributed by atoms with Crippen molar-refractivity contribution in [3.8, 4) is 11.3 Å². The summed E-state index contributed by atoms with van der Waals surface area (Å²) in [6.45, 7) is 5.12. The maximum atomic E-state index is 13.3. The van der Waals surface area contributed by atoms with Gasteiger partial charge in [0.15, 0.2) is 0 Å². The summed E-state index contributed by atoms with van der Waals surface area (Å²) in [4.78, 5) is 17.8. The molecule has 1 amide bonds. The van der Waals surface area contributed by atoms with Crippen LogP contribution >= 0.6 is 11.6 Å². The molecule has 36 heavy (non-hydrogen) atoms. The van der Waals surface area contributed by atoms with E-state index in [-0.39, 0.29) is 17.8 Å². The number of halogens is 2. The van der Waals surface area contributed by atoms with Crippen LogP contribution in [0.1, 0.15) is 27.9 Å². The van der Waals surface area contributed by atoms with E-state index in [1.165, 1.54) is 12.1 Å². The van der Waals surface area contributed by atoms with Crippen LogP contribution in [0, 0.1) is 12.7 Å². The topological polar surface area (TPSA) is 74.8 Å². The highest BCUT2D eigenvalue weighted by atomic mass is 35.5. The van der Waals surface area contributed by atoms with Crippen LogP contribution < -0.4 is 10.2 Å². The predicted octanol–water partition coefficient (Wildman–Crippen LogP) is 5.33. The van der Waals surface area contributed by atoms with Crippen molar-refractivity contribution >= 4 is 23.2 Å². The molecule has 0 radical (unpaired) electrons. The Balaban J connectivity index is 1.30. The Kier molecular flexibility index (Phi) is 7.06. The maximum Gasteiger partial charge on any atom is 0.257 e. The van der Waals surface area contributed by atoms with E-state index in [0.717, 1.165) is 37.6 Å². The van der Waals surface area contributed by atoms with Gasteiger partial charge in [-0.15, -0.1) is 0 Å². The predicted molar refractivity (Wildman–Crippen MR) is 136 cm³/mol. The first-order valence-corrected chi connectivity index (χ1v) is 12.2. The number of amides is 1. The first-order valence-electron chi connectivity index (χ1n) is 11.8. The maximum absolute atomic E-state index is 13.3. The number of aryl methyl sites for hydroxylation is 1. The van der Waals surface area contributed by atoms with E-state index < -0.39 is 0 Å². The molecular weight excluding hydrogens is 483 g/mol. The zero-order valence-corrected chi connectivity index (χ0v) is 20.5. The highest BCUT2D eigenvalue weighted by molar-refractivity contribution is 6.33. The fourth-order valence-electron chi connectivity index (χ4n) is 4.59. The molecule has 0 spiro atoms. The molecule has 4 aromatic rings. The summed E-state index contributed by atoms with van der Waals surface area (Å²) in [5, 5.41) is 7.64. The third-order valence-electron chi connectivity index (χ3n) is 6.49. The molecule has 186 valence electrons. The van der Waals surface area contributed by atoms with E-state index in [4.69, 9.17) is 20.5 Å². The van der Waals surface area contributed by atoms with Gasteiger partial charge >= 0.3 is 0 Å². The van der Waals surface area contributed by atoms with Gasteiger partial charge in [-0.05, 0) is 49.4 Å². The molecule has 1 aliphatic rings. The molecule has 2 aromatic carbocycles. The van der Waals surface area contributed by atoms with Gasteiger partial charge in [0.1, 0.15) is 28.6 Å². The summed E-state index contributed by atoms with van der Waals surface area (Å²) < 4.78 is 24.4. The third-order valence-corrected chi connectivity index (χ3v) is 6.82. The van der Waals surface area contributed by atoms with E-state index in [1.807, 2.05) is 30.3 Å². The zero-order chi connectivity index (χ0) is 25.1. The molecule has 1 atom stereocenters. The molecule has 1 aliphatic heterocycles. The number of hydrogen-bond donors (Lipinski definition) is 1. The standard InChI is InChI=1S/C27H26ClFN4O3/c1-18-25(26(31-36-18)21-5-2-3-6-22(21)28)27(34)30-17-23(24-7-4-16-35-24)33-14-12-32(13-15-33)20-10-8-19(29)9-11-20/h2-11,16,23H,12-15,17H2,1H3,(H,30,34). The molecule has 9 heteroatoms. The summed E-state index contributed by atoms with van der Waals surface area (Å²) in [5.74, 6) is 0.667. The lowest BCUT2D eigenvalue weighted by molar-refractivity contribution is 0.0922. The summed E-state index contributed by atoms with van der Waals surface area (Å²) in [7, 11) is 0. The van der Waals surface area contributed by atoms with Gasteiger partial charge < -0.3 is 19.2 Å². The van der Waals surface area contributed by atoms with Gasteiger partial charge in [-0.25, -0.2) is 4.39 Å². The van der Waals surface area contributed by atoms with Crippen LogP contribution in [0.3, 0.4) is 0 Å². The lowest BCUT2D eigenvalue weighted by atomic mass is 10.1. The zero-order valence-electron chi connectivity index (χ0n) is 19.8. The largest absolute Gasteiger partial charge is 0.468 e. The smallest absolute Gasteiger partial charge is 0.257 e. The second kappa shape index (κ2) is 10.6. The highest BCUT2D eigenvalue weighted by Crippen LogP contribution is 2.31. The number of carbonyl (C=O) groups is 1. The summed E-state index contributed by atoms with van der Waals surface area (Å²) in [6, 6.07) is 17.4. The van der Waals surface area contributed by atoms with Gasteiger partial charge in [-0.3, -0.25) is 9.69 Å². The molecule has 1 saturated heterocycles. The van der Waals surface area contributed by atoms with Crippen molar-refractivity contribution in [2.45, 2.75) is 13.0 Å². The highest BCUT2D eigenvalue weighted by Gasteiger charge is 2.29. The minimum absolute atomic E-state index is 0.150. The fraction of sp³-hybridized carbons (Fsp3) is 0.259. The number of hydrogen-bond acceptors (Lipinski definition) is 6. The summed E-state index contributed by atoms with van der Waals surface area (Å²) in [5.41, 5.74) is 2.41. The number of aromatic nitrogens is 1. The van der Waals surface area contributed by atoms with Gasteiger partial charge in [-0.2, -0.15) is 0 Å². The Labute approximate surface area is 213 Å². The van der Waals surface area contributed by atoms with Crippen molar-refractivity contribution in [1.29, 1.82) is 0 Å². The molecule has 1 N–H and O–H groups in total. The average molecular weight is 509 g/mol. The number of nitrogens with zero attached hydrogens (tertiary/aromatic N) is 3. The molecule has 2 aromatic heterocycles. The molecule has 0 bridgehead atoms. The Morgan fingerprint density at radius 2 is 1.83 bits per heavy atom. The molecule has 1 fully saturated rings. The van der Waals surface area contributed by atoms with E-state index in [2.05, 4.69) is 20.3 Å². The number of furan rings is 1. The van der Waals surface area contributed by atoms with Crippen molar-refractivity contribution in [1.82, 2.24) is 15.4 Å². The fourth-order valence-corrected chi connectivity index (χ4v) is 4.81. The van der Waals surface area contributed by atoms with Crippen LogP contribution in [0.25, 0.3) is 11.3 Å². The SMILES string of the molecule is Cc1onc(-c2ccccc2Cl)c1C(=O)NCC(c1ccco1)N1CCN(c2ccc(F)cc2)CC1. The Morgan fingerprint density at radius 3 is 2.53 bits per heavy atom. The Hall–Kier alpha value is -3.62. The molecule has 0 aliphatic carbocycles. The van der Waals surface area contributed by atoms with Crippen LogP contribution in [0.5, 0.6) is 0 Å². The van der Waals surface area contributed by atoms with E-state index in [1.54, 1.807) is 31.4 Å². The number of carbonyl (C=O) groups excluding carboxylic acids is 1.